The first kappa shape index (κ1) is 15.1. The number of aryl methyl sites for hydroxylation is 1. The van der Waals surface area contributed by atoms with E-state index in [0.29, 0.717) is 6.54 Å². The predicted molar refractivity (Wildman–Crippen MR) is 75.1 cm³/mol. The molecule has 0 saturated heterocycles. The Kier molecular flexibility index (Phi) is 4.62. The Bertz CT molecular complexity index is 646. The Morgan fingerprint density at radius 2 is 1.86 bits per heavy atom. The summed E-state index contributed by atoms with van der Waals surface area (Å²) in [5, 5.41) is 5.33. The Labute approximate surface area is 120 Å². The molecule has 2 N–H and O–H groups in total. The third-order valence-electron chi connectivity index (χ3n) is 2.78. The van der Waals surface area contributed by atoms with Crippen LogP contribution in [0.4, 0.5) is 30.6 Å². The van der Waals surface area contributed by atoms with Crippen LogP contribution in [0.2, 0.25) is 0 Å². The molecule has 112 valence electrons. The number of halogens is 3. The summed E-state index contributed by atoms with van der Waals surface area (Å²) in [6.45, 7) is 4.03. The van der Waals surface area contributed by atoms with Crippen LogP contribution in [0.3, 0.4) is 0 Å². The number of hydrogen-bond donors (Lipinski definition) is 2. The van der Waals surface area contributed by atoms with Crippen LogP contribution >= 0.6 is 0 Å². The minimum absolute atomic E-state index is 0.173. The van der Waals surface area contributed by atoms with Gasteiger partial charge in [-0.1, -0.05) is 6.92 Å². The second kappa shape index (κ2) is 6.43. The van der Waals surface area contributed by atoms with Gasteiger partial charge in [-0.3, -0.25) is 0 Å². The largest absolute Gasteiger partial charge is 0.354 e. The van der Waals surface area contributed by atoms with E-state index in [1.165, 1.54) is 6.92 Å². The van der Waals surface area contributed by atoms with Gasteiger partial charge in [0.25, 0.3) is 0 Å². The molecule has 0 saturated carbocycles. The topological polar surface area (TPSA) is 49.8 Å². The van der Waals surface area contributed by atoms with Gasteiger partial charge in [0.2, 0.25) is 5.95 Å². The first-order valence-electron chi connectivity index (χ1n) is 6.50. The van der Waals surface area contributed by atoms with Crippen molar-refractivity contribution in [1.29, 1.82) is 0 Å². The summed E-state index contributed by atoms with van der Waals surface area (Å²) in [5.74, 6) is -2.02. The molecular formula is C14H15F3N4. The zero-order valence-corrected chi connectivity index (χ0v) is 11.7. The molecule has 0 aliphatic heterocycles. The minimum Gasteiger partial charge on any atom is -0.354 e. The second-order valence-corrected chi connectivity index (χ2v) is 4.52. The van der Waals surface area contributed by atoms with E-state index in [4.69, 9.17) is 0 Å². The van der Waals surface area contributed by atoms with Crippen molar-refractivity contribution >= 4 is 17.5 Å². The molecule has 0 spiro atoms. The average Bonchev–Trinajstić information content (AvgIpc) is 2.45. The summed E-state index contributed by atoms with van der Waals surface area (Å²) in [4.78, 5) is 7.67. The average molecular weight is 296 g/mol. The van der Waals surface area contributed by atoms with Gasteiger partial charge in [-0.2, -0.15) is 4.98 Å². The van der Waals surface area contributed by atoms with Crippen molar-refractivity contribution in [2.45, 2.75) is 20.3 Å². The van der Waals surface area contributed by atoms with Crippen LogP contribution in [-0.2, 0) is 0 Å². The predicted octanol–water partition coefficient (Wildman–Crippen LogP) is 3.77. The highest BCUT2D eigenvalue weighted by Gasteiger charge is 2.12. The normalized spacial score (nSPS) is 10.5. The van der Waals surface area contributed by atoms with Gasteiger partial charge in [-0.25, -0.2) is 18.2 Å². The van der Waals surface area contributed by atoms with Crippen LogP contribution in [0, 0.1) is 24.4 Å². The first-order valence-corrected chi connectivity index (χ1v) is 6.50. The third kappa shape index (κ3) is 3.62. The van der Waals surface area contributed by atoms with E-state index >= 15 is 0 Å². The summed E-state index contributed by atoms with van der Waals surface area (Å²) in [6, 6.07) is 2.00. The van der Waals surface area contributed by atoms with Gasteiger partial charge in [-0.15, -0.1) is 0 Å². The van der Waals surface area contributed by atoms with Crippen molar-refractivity contribution in [2.75, 3.05) is 17.2 Å². The van der Waals surface area contributed by atoms with Gasteiger partial charge < -0.3 is 10.6 Å². The number of nitrogens with zero attached hydrogens (tertiary/aromatic N) is 2. The Balaban J connectivity index is 2.28. The SMILES string of the molecule is CCCNc1ncc(F)c(Nc2cc(F)c(C)cc2F)n1. The smallest absolute Gasteiger partial charge is 0.224 e. The van der Waals surface area contributed by atoms with Gasteiger partial charge in [0.1, 0.15) is 11.6 Å². The fourth-order valence-electron chi connectivity index (χ4n) is 1.65. The summed E-state index contributed by atoms with van der Waals surface area (Å²) in [6.07, 6.45) is 1.82. The standard InChI is InChI=1S/C14H15F3N4/c1-3-4-18-14-19-7-11(17)13(21-14)20-12-6-9(15)8(2)5-10(12)16/h5-7H,3-4H2,1-2H3,(H2,18,19,20,21). The zero-order chi connectivity index (χ0) is 15.4. The maximum Gasteiger partial charge on any atom is 0.224 e. The molecule has 1 heterocycles. The summed E-state index contributed by atoms with van der Waals surface area (Å²) < 4.78 is 40.9. The molecule has 21 heavy (non-hydrogen) atoms. The van der Waals surface area contributed by atoms with Crippen molar-refractivity contribution < 1.29 is 13.2 Å². The van der Waals surface area contributed by atoms with Gasteiger partial charge >= 0.3 is 0 Å². The fourth-order valence-corrected chi connectivity index (χ4v) is 1.65. The molecule has 2 aromatic rings. The van der Waals surface area contributed by atoms with Crippen molar-refractivity contribution in [3.63, 3.8) is 0 Å². The zero-order valence-electron chi connectivity index (χ0n) is 11.7. The monoisotopic (exact) mass is 296 g/mol. The molecule has 0 fully saturated rings. The first-order chi connectivity index (χ1) is 10.0. The molecule has 1 aromatic carbocycles. The van der Waals surface area contributed by atoms with Crippen LogP contribution in [0.15, 0.2) is 18.3 Å². The van der Waals surface area contributed by atoms with Gasteiger partial charge in [0.15, 0.2) is 11.6 Å². The Morgan fingerprint density at radius 3 is 2.57 bits per heavy atom. The Morgan fingerprint density at radius 1 is 1.10 bits per heavy atom. The number of benzene rings is 1. The molecule has 0 amide bonds. The lowest BCUT2D eigenvalue weighted by Gasteiger charge is -2.10. The van der Waals surface area contributed by atoms with Crippen LogP contribution in [0.5, 0.6) is 0 Å². The number of nitrogens with one attached hydrogen (secondary N) is 2. The lowest BCUT2D eigenvalue weighted by Crippen LogP contribution is -2.08. The van der Waals surface area contributed by atoms with Crippen molar-refractivity contribution in [1.82, 2.24) is 9.97 Å². The lowest BCUT2D eigenvalue weighted by molar-refractivity contribution is 0.594. The summed E-state index contributed by atoms with van der Waals surface area (Å²) >= 11 is 0. The molecule has 0 atom stereocenters. The second-order valence-electron chi connectivity index (χ2n) is 4.52. The summed E-state index contributed by atoms with van der Waals surface area (Å²) in [7, 11) is 0. The number of hydrogen-bond acceptors (Lipinski definition) is 4. The van der Waals surface area contributed by atoms with Gasteiger partial charge in [0, 0.05) is 12.6 Å². The number of anilines is 3. The molecule has 0 radical (unpaired) electrons. The molecule has 2 rings (SSSR count). The molecule has 0 aliphatic carbocycles. The van der Waals surface area contributed by atoms with E-state index in [2.05, 4.69) is 20.6 Å². The van der Waals surface area contributed by atoms with E-state index < -0.39 is 17.5 Å². The third-order valence-corrected chi connectivity index (χ3v) is 2.78. The maximum absolute atomic E-state index is 13.7. The maximum atomic E-state index is 13.7. The Hall–Kier alpha value is -2.31. The molecule has 1 aromatic heterocycles. The molecule has 7 heteroatoms. The molecule has 0 aliphatic rings. The highest BCUT2D eigenvalue weighted by Crippen LogP contribution is 2.23. The van der Waals surface area contributed by atoms with Crippen LogP contribution in [-0.4, -0.2) is 16.5 Å². The quantitative estimate of drug-likeness (QED) is 0.882. The van der Waals surface area contributed by atoms with Crippen LogP contribution < -0.4 is 10.6 Å². The van der Waals surface area contributed by atoms with Crippen molar-refractivity contribution in [2.24, 2.45) is 0 Å². The van der Waals surface area contributed by atoms with Crippen molar-refractivity contribution in [3.05, 3.63) is 41.3 Å². The van der Waals surface area contributed by atoms with E-state index in [0.717, 1.165) is 24.8 Å². The molecular weight excluding hydrogens is 281 g/mol. The minimum atomic E-state index is -0.752. The van der Waals surface area contributed by atoms with Crippen LogP contribution in [0.25, 0.3) is 0 Å². The van der Waals surface area contributed by atoms with E-state index in [9.17, 15) is 13.2 Å². The van der Waals surface area contributed by atoms with Crippen LogP contribution in [0.1, 0.15) is 18.9 Å². The van der Waals surface area contributed by atoms with Gasteiger partial charge in [-0.05, 0) is 25.0 Å². The molecule has 0 bridgehead atoms. The lowest BCUT2D eigenvalue weighted by atomic mass is 10.2. The van der Waals surface area contributed by atoms with Crippen molar-refractivity contribution in [3.8, 4) is 0 Å². The summed E-state index contributed by atoms with van der Waals surface area (Å²) in [5.41, 5.74) is -0.0105. The number of aromatic nitrogens is 2. The molecule has 0 unspecified atom stereocenters. The number of rotatable bonds is 5. The van der Waals surface area contributed by atoms with E-state index in [1.807, 2.05) is 6.92 Å². The highest BCUT2D eigenvalue weighted by atomic mass is 19.1. The fraction of sp³-hybridized carbons (Fsp3) is 0.286. The highest BCUT2D eigenvalue weighted by molar-refractivity contribution is 5.58. The van der Waals surface area contributed by atoms with Gasteiger partial charge in [0.05, 0.1) is 11.9 Å². The van der Waals surface area contributed by atoms with E-state index in [-0.39, 0.29) is 23.0 Å². The van der Waals surface area contributed by atoms with E-state index in [1.54, 1.807) is 0 Å². The molecule has 4 nitrogen and oxygen atoms in total.